The van der Waals surface area contributed by atoms with Gasteiger partial charge in [-0.25, -0.2) is 4.98 Å². The quantitative estimate of drug-likeness (QED) is 0.711. The topological polar surface area (TPSA) is 22.1 Å². The summed E-state index contributed by atoms with van der Waals surface area (Å²) in [4.78, 5) is 7.54. The Labute approximate surface area is 105 Å². The minimum Gasteiger partial charge on any atom is -0.376 e. The van der Waals surface area contributed by atoms with E-state index in [2.05, 4.69) is 6.92 Å². The fourth-order valence-corrected chi connectivity index (χ4v) is 4.45. The van der Waals surface area contributed by atoms with Gasteiger partial charge in [0.2, 0.25) is 0 Å². The molecule has 2 aromatic heterocycles. The normalized spacial score (nSPS) is 18.4. The molecule has 1 aliphatic carbocycles. The van der Waals surface area contributed by atoms with E-state index < -0.39 is 0 Å². The van der Waals surface area contributed by atoms with Gasteiger partial charge in [0.05, 0.1) is 13.2 Å². The molecule has 0 aromatic carbocycles. The van der Waals surface area contributed by atoms with Crippen LogP contribution in [0.25, 0.3) is 10.2 Å². The van der Waals surface area contributed by atoms with E-state index in [4.69, 9.17) is 9.72 Å². The zero-order valence-corrected chi connectivity index (χ0v) is 10.8. The lowest BCUT2D eigenvalue weighted by Gasteiger charge is -2.13. The van der Waals surface area contributed by atoms with E-state index in [9.17, 15) is 0 Å². The summed E-state index contributed by atoms with van der Waals surface area (Å²) in [5.41, 5.74) is 5.91. The van der Waals surface area contributed by atoms with Crippen LogP contribution in [-0.4, -0.2) is 11.6 Å². The van der Waals surface area contributed by atoms with Gasteiger partial charge in [0.1, 0.15) is 4.83 Å². The van der Waals surface area contributed by atoms with Crippen LogP contribution in [0, 0.1) is 6.92 Å². The number of hydrogen-bond acceptors (Lipinski definition) is 3. The summed E-state index contributed by atoms with van der Waals surface area (Å²) in [7, 11) is 0. The molecule has 88 valence electrons. The maximum Gasteiger partial charge on any atom is 0.124 e. The summed E-state index contributed by atoms with van der Waals surface area (Å²) in [5, 5.41) is 1.45. The summed E-state index contributed by atoms with van der Waals surface area (Å²) in [6, 6.07) is 0. The van der Waals surface area contributed by atoms with Crippen molar-refractivity contribution >= 4 is 21.6 Å². The predicted octanol–water partition coefficient (Wildman–Crippen LogP) is 3.17. The average molecular weight is 245 g/mol. The fourth-order valence-electron chi connectivity index (χ4n) is 3.21. The summed E-state index contributed by atoms with van der Waals surface area (Å²) in [6.45, 7) is 3.95. The van der Waals surface area contributed by atoms with Gasteiger partial charge in [0.25, 0.3) is 0 Å². The van der Waals surface area contributed by atoms with Gasteiger partial charge >= 0.3 is 0 Å². The van der Waals surface area contributed by atoms with E-state index in [-0.39, 0.29) is 0 Å². The van der Waals surface area contributed by atoms with Gasteiger partial charge in [0.15, 0.2) is 0 Å². The SMILES string of the molecule is Cc1c2c(nc3sc4c(c13)CCOC4)CCC2. The molecule has 0 fully saturated rings. The largest absolute Gasteiger partial charge is 0.376 e. The molecule has 2 aliphatic rings. The van der Waals surface area contributed by atoms with Crippen LogP contribution in [0.15, 0.2) is 0 Å². The highest BCUT2D eigenvalue weighted by Gasteiger charge is 2.23. The first-order chi connectivity index (χ1) is 8.34. The smallest absolute Gasteiger partial charge is 0.124 e. The molecule has 0 radical (unpaired) electrons. The highest BCUT2D eigenvalue weighted by Crippen LogP contribution is 2.38. The Kier molecular flexibility index (Phi) is 2.08. The first-order valence-corrected chi connectivity index (χ1v) is 7.16. The van der Waals surface area contributed by atoms with Crippen molar-refractivity contribution in [3.63, 3.8) is 0 Å². The molecule has 0 saturated heterocycles. The van der Waals surface area contributed by atoms with Crippen LogP contribution in [0.5, 0.6) is 0 Å². The maximum atomic E-state index is 5.55. The van der Waals surface area contributed by atoms with Crippen LogP contribution >= 0.6 is 11.3 Å². The van der Waals surface area contributed by atoms with Crippen molar-refractivity contribution in [2.75, 3.05) is 6.61 Å². The second kappa shape index (κ2) is 3.53. The van der Waals surface area contributed by atoms with Gasteiger partial charge in [-0.2, -0.15) is 0 Å². The van der Waals surface area contributed by atoms with Crippen LogP contribution in [-0.2, 0) is 30.6 Å². The lowest BCUT2D eigenvalue weighted by atomic mass is 10.00. The Morgan fingerprint density at radius 2 is 2.12 bits per heavy atom. The molecule has 0 unspecified atom stereocenters. The summed E-state index contributed by atoms with van der Waals surface area (Å²) in [6.07, 6.45) is 4.75. The molecule has 4 rings (SSSR count). The number of nitrogens with zero attached hydrogens (tertiary/aromatic N) is 1. The van der Waals surface area contributed by atoms with Crippen molar-refractivity contribution in [3.8, 4) is 0 Å². The summed E-state index contributed by atoms with van der Waals surface area (Å²) in [5.74, 6) is 0. The Balaban J connectivity index is 2.08. The molecule has 17 heavy (non-hydrogen) atoms. The van der Waals surface area contributed by atoms with Crippen molar-refractivity contribution in [2.45, 2.75) is 39.2 Å². The molecular formula is C14H15NOS. The average Bonchev–Trinajstić information content (AvgIpc) is 2.92. The van der Waals surface area contributed by atoms with Crippen LogP contribution in [0.2, 0.25) is 0 Å². The number of rotatable bonds is 0. The standard InChI is InChI=1S/C14H15NOS/c1-8-9-3-2-4-11(9)15-14-13(8)10-5-6-16-7-12(10)17-14/h2-7H2,1H3. The predicted molar refractivity (Wildman–Crippen MR) is 69.7 cm³/mol. The maximum absolute atomic E-state index is 5.55. The van der Waals surface area contributed by atoms with E-state index in [1.54, 1.807) is 0 Å². The van der Waals surface area contributed by atoms with E-state index in [1.807, 2.05) is 11.3 Å². The Morgan fingerprint density at radius 1 is 1.18 bits per heavy atom. The van der Waals surface area contributed by atoms with Gasteiger partial charge in [-0.1, -0.05) is 0 Å². The van der Waals surface area contributed by atoms with Crippen molar-refractivity contribution in [2.24, 2.45) is 0 Å². The van der Waals surface area contributed by atoms with Gasteiger partial charge < -0.3 is 4.74 Å². The van der Waals surface area contributed by atoms with Crippen LogP contribution in [0.4, 0.5) is 0 Å². The lowest BCUT2D eigenvalue weighted by Crippen LogP contribution is -2.07. The van der Waals surface area contributed by atoms with E-state index in [0.717, 1.165) is 19.6 Å². The van der Waals surface area contributed by atoms with Gasteiger partial charge in [-0.05, 0) is 49.3 Å². The Hall–Kier alpha value is -0.930. The van der Waals surface area contributed by atoms with Crippen molar-refractivity contribution in [1.82, 2.24) is 4.98 Å². The van der Waals surface area contributed by atoms with E-state index in [0.29, 0.717) is 0 Å². The number of aryl methyl sites for hydroxylation is 2. The minimum atomic E-state index is 0.792. The Morgan fingerprint density at radius 3 is 3.06 bits per heavy atom. The molecule has 2 aromatic rings. The number of hydrogen-bond donors (Lipinski definition) is 0. The van der Waals surface area contributed by atoms with Crippen molar-refractivity contribution in [1.29, 1.82) is 0 Å². The molecule has 0 saturated carbocycles. The third kappa shape index (κ3) is 1.33. The lowest BCUT2D eigenvalue weighted by molar-refractivity contribution is 0.114. The van der Waals surface area contributed by atoms with Gasteiger partial charge in [-0.15, -0.1) is 11.3 Å². The minimum absolute atomic E-state index is 0.792. The summed E-state index contributed by atoms with van der Waals surface area (Å²) < 4.78 is 5.55. The number of thiophene rings is 1. The molecule has 0 atom stereocenters. The molecule has 3 heterocycles. The zero-order valence-electron chi connectivity index (χ0n) is 10.0. The highest BCUT2D eigenvalue weighted by molar-refractivity contribution is 7.18. The fraction of sp³-hybridized carbons (Fsp3) is 0.500. The summed E-state index contributed by atoms with van der Waals surface area (Å²) >= 11 is 1.84. The molecule has 0 bridgehead atoms. The third-order valence-corrected chi connectivity index (χ3v) is 5.15. The molecule has 3 heteroatoms. The molecule has 0 spiro atoms. The Bertz CT molecular complexity index is 614. The number of aromatic nitrogens is 1. The molecule has 2 nitrogen and oxygen atoms in total. The van der Waals surface area contributed by atoms with Crippen LogP contribution < -0.4 is 0 Å². The first kappa shape index (κ1) is 10.0. The number of pyridine rings is 1. The molecule has 1 aliphatic heterocycles. The highest BCUT2D eigenvalue weighted by atomic mass is 32.1. The number of ether oxygens (including phenoxy) is 1. The molecule has 0 amide bonds. The van der Waals surface area contributed by atoms with E-state index >= 15 is 0 Å². The van der Waals surface area contributed by atoms with E-state index in [1.165, 1.54) is 56.7 Å². The zero-order chi connectivity index (χ0) is 11.4. The van der Waals surface area contributed by atoms with Crippen LogP contribution in [0.1, 0.15) is 33.7 Å². The number of fused-ring (bicyclic) bond motifs is 4. The monoisotopic (exact) mass is 245 g/mol. The molecular weight excluding hydrogens is 230 g/mol. The molecule has 0 N–H and O–H groups in total. The van der Waals surface area contributed by atoms with Gasteiger partial charge in [-0.3, -0.25) is 0 Å². The second-order valence-corrected chi connectivity index (χ2v) is 6.09. The van der Waals surface area contributed by atoms with Crippen molar-refractivity contribution < 1.29 is 4.74 Å². The van der Waals surface area contributed by atoms with Crippen molar-refractivity contribution in [3.05, 3.63) is 27.3 Å². The third-order valence-electron chi connectivity index (χ3n) is 4.05. The second-order valence-electron chi connectivity index (χ2n) is 5.00. The van der Waals surface area contributed by atoms with Crippen LogP contribution in [0.3, 0.4) is 0 Å². The van der Waals surface area contributed by atoms with Gasteiger partial charge in [0, 0.05) is 16.0 Å². The first-order valence-electron chi connectivity index (χ1n) is 6.35.